The summed E-state index contributed by atoms with van der Waals surface area (Å²) < 4.78 is 5.27. The van der Waals surface area contributed by atoms with Crippen molar-refractivity contribution in [1.29, 1.82) is 0 Å². The minimum atomic E-state index is 0.709. The van der Waals surface area contributed by atoms with E-state index in [1.807, 2.05) is 29.6 Å². The molecule has 0 aliphatic rings. The zero-order valence-corrected chi connectivity index (χ0v) is 10.4. The zero-order chi connectivity index (χ0) is 11.4. The molecule has 1 aromatic heterocycles. The van der Waals surface area contributed by atoms with Gasteiger partial charge in [-0.15, -0.1) is 0 Å². The summed E-state index contributed by atoms with van der Waals surface area (Å²) in [7, 11) is 1.66. The van der Waals surface area contributed by atoms with Crippen molar-refractivity contribution in [3.63, 3.8) is 0 Å². The standard InChI is InChI=1S/C12H12ClNOS/c1-15-12-3-2-10(13)6-9(12)7-14-11-4-5-16-8-11/h2-6,8,14H,7H2,1H3. The summed E-state index contributed by atoms with van der Waals surface area (Å²) >= 11 is 7.62. The largest absolute Gasteiger partial charge is 0.496 e. The molecule has 0 saturated carbocycles. The van der Waals surface area contributed by atoms with Crippen LogP contribution in [0.25, 0.3) is 0 Å². The summed E-state index contributed by atoms with van der Waals surface area (Å²) in [5.74, 6) is 0.854. The molecular formula is C12H12ClNOS. The predicted molar refractivity (Wildman–Crippen MR) is 69.6 cm³/mol. The third kappa shape index (κ3) is 2.68. The summed E-state index contributed by atoms with van der Waals surface area (Å²) in [5, 5.41) is 8.15. The lowest BCUT2D eigenvalue weighted by Crippen LogP contribution is -2.00. The minimum Gasteiger partial charge on any atom is -0.496 e. The third-order valence-electron chi connectivity index (χ3n) is 2.25. The van der Waals surface area contributed by atoms with Crippen molar-refractivity contribution in [1.82, 2.24) is 0 Å². The second-order valence-electron chi connectivity index (χ2n) is 3.32. The van der Waals surface area contributed by atoms with Crippen LogP contribution in [0.5, 0.6) is 5.75 Å². The fraction of sp³-hybridized carbons (Fsp3) is 0.167. The normalized spacial score (nSPS) is 10.1. The van der Waals surface area contributed by atoms with Gasteiger partial charge in [0.15, 0.2) is 0 Å². The van der Waals surface area contributed by atoms with Gasteiger partial charge in [-0.1, -0.05) is 11.6 Å². The Hall–Kier alpha value is -1.19. The average Bonchev–Trinajstić information content (AvgIpc) is 2.79. The molecule has 16 heavy (non-hydrogen) atoms. The molecule has 0 bridgehead atoms. The van der Waals surface area contributed by atoms with Crippen LogP contribution in [0.1, 0.15) is 5.56 Å². The van der Waals surface area contributed by atoms with Crippen molar-refractivity contribution in [2.45, 2.75) is 6.54 Å². The van der Waals surface area contributed by atoms with Crippen LogP contribution >= 0.6 is 22.9 Å². The van der Waals surface area contributed by atoms with Gasteiger partial charge in [0, 0.05) is 28.2 Å². The van der Waals surface area contributed by atoms with E-state index >= 15 is 0 Å². The van der Waals surface area contributed by atoms with Gasteiger partial charge in [0.1, 0.15) is 5.75 Å². The van der Waals surface area contributed by atoms with Crippen molar-refractivity contribution < 1.29 is 4.74 Å². The van der Waals surface area contributed by atoms with Gasteiger partial charge in [-0.05, 0) is 29.6 Å². The van der Waals surface area contributed by atoms with E-state index in [1.165, 1.54) is 0 Å². The lowest BCUT2D eigenvalue weighted by molar-refractivity contribution is 0.410. The first-order chi connectivity index (χ1) is 7.79. The van der Waals surface area contributed by atoms with E-state index in [0.29, 0.717) is 6.54 Å². The van der Waals surface area contributed by atoms with Gasteiger partial charge in [0.25, 0.3) is 0 Å². The Labute approximate surface area is 104 Å². The Morgan fingerprint density at radius 1 is 1.38 bits per heavy atom. The first-order valence-electron chi connectivity index (χ1n) is 4.88. The van der Waals surface area contributed by atoms with Gasteiger partial charge in [-0.3, -0.25) is 0 Å². The summed E-state index contributed by atoms with van der Waals surface area (Å²) in [6, 6.07) is 7.67. The molecule has 0 atom stereocenters. The lowest BCUT2D eigenvalue weighted by atomic mass is 10.2. The van der Waals surface area contributed by atoms with Crippen molar-refractivity contribution >= 4 is 28.6 Å². The van der Waals surface area contributed by atoms with Gasteiger partial charge >= 0.3 is 0 Å². The van der Waals surface area contributed by atoms with Crippen LogP contribution in [0.4, 0.5) is 5.69 Å². The molecule has 1 N–H and O–H groups in total. The van der Waals surface area contributed by atoms with Crippen LogP contribution in [0.2, 0.25) is 5.02 Å². The number of hydrogen-bond acceptors (Lipinski definition) is 3. The first-order valence-corrected chi connectivity index (χ1v) is 6.20. The van der Waals surface area contributed by atoms with Gasteiger partial charge in [-0.25, -0.2) is 0 Å². The lowest BCUT2D eigenvalue weighted by Gasteiger charge is -2.09. The SMILES string of the molecule is COc1ccc(Cl)cc1CNc1ccsc1. The first kappa shape index (κ1) is 11.3. The Balaban J connectivity index is 2.11. The highest BCUT2D eigenvalue weighted by Crippen LogP contribution is 2.24. The molecule has 1 aromatic carbocycles. The molecule has 0 fully saturated rings. The molecule has 0 saturated heterocycles. The Morgan fingerprint density at radius 2 is 2.25 bits per heavy atom. The fourth-order valence-corrected chi connectivity index (χ4v) is 2.25. The molecule has 0 aliphatic heterocycles. The van der Waals surface area contributed by atoms with E-state index in [1.54, 1.807) is 18.4 Å². The molecule has 2 nitrogen and oxygen atoms in total. The van der Waals surface area contributed by atoms with Crippen LogP contribution in [-0.2, 0) is 6.54 Å². The van der Waals surface area contributed by atoms with Crippen molar-refractivity contribution in [2.75, 3.05) is 12.4 Å². The number of rotatable bonds is 4. The molecular weight excluding hydrogens is 242 g/mol. The Kier molecular flexibility index (Phi) is 3.70. The number of nitrogens with one attached hydrogen (secondary N) is 1. The topological polar surface area (TPSA) is 21.3 Å². The molecule has 2 aromatic rings. The molecule has 0 aliphatic carbocycles. The number of hydrogen-bond donors (Lipinski definition) is 1. The number of thiophene rings is 1. The smallest absolute Gasteiger partial charge is 0.123 e. The highest BCUT2D eigenvalue weighted by Gasteiger charge is 2.03. The molecule has 4 heteroatoms. The quantitative estimate of drug-likeness (QED) is 0.889. The van der Waals surface area contributed by atoms with Crippen LogP contribution in [-0.4, -0.2) is 7.11 Å². The average molecular weight is 254 g/mol. The second-order valence-corrected chi connectivity index (χ2v) is 4.54. The fourth-order valence-electron chi connectivity index (χ4n) is 1.45. The summed E-state index contributed by atoms with van der Waals surface area (Å²) in [6.45, 7) is 0.709. The number of ether oxygens (including phenoxy) is 1. The van der Waals surface area contributed by atoms with E-state index in [9.17, 15) is 0 Å². The maximum Gasteiger partial charge on any atom is 0.123 e. The van der Waals surface area contributed by atoms with Crippen LogP contribution in [0, 0.1) is 0 Å². The highest BCUT2D eigenvalue weighted by atomic mass is 35.5. The maximum atomic E-state index is 5.95. The van der Waals surface area contributed by atoms with E-state index in [4.69, 9.17) is 16.3 Å². The van der Waals surface area contributed by atoms with Crippen LogP contribution < -0.4 is 10.1 Å². The third-order valence-corrected chi connectivity index (χ3v) is 3.16. The molecule has 0 unspecified atom stereocenters. The minimum absolute atomic E-state index is 0.709. The number of anilines is 1. The highest BCUT2D eigenvalue weighted by molar-refractivity contribution is 7.08. The predicted octanol–water partition coefficient (Wildman–Crippen LogP) is 4.02. The Bertz CT molecular complexity index is 456. The molecule has 2 rings (SSSR count). The number of halogens is 1. The molecule has 0 spiro atoms. The van der Waals surface area contributed by atoms with Gasteiger partial charge in [0.2, 0.25) is 0 Å². The van der Waals surface area contributed by atoms with Gasteiger partial charge in [0.05, 0.1) is 7.11 Å². The molecule has 0 radical (unpaired) electrons. The second kappa shape index (κ2) is 5.23. The van der Waals surface area contributed by atoms with Crippen molar-refractivity contribution in [3.05, 3.63) is 45.6 Å². The van der Waals surface area contributed by atoms with Crippen molar-refractivity contribution in [3.8, 4) is 5.75 Å². The number of benzene rings is 1. The molecule has 0 amide bonds. The van der Waals surface area contributed by atoms with E-state index in [0.717, 1.165) is 22.0 Å². The summed E-state index contributed by atoms with van der Waals surface area (Å²) in [4.78, 5) is 0. The monoisotopic (exact) mass is 253 g/mol. The number of methoxy groups -OCH3 is 1. The van der Waals surface area contributed by atoms with Gasteiger partial charge < -0.3 is 10.1 Å². The van der Waals surface area contributed by atoms with Gasteiger partial charge in [-0.2, -0.15) is 11.3 Å². The van der Waals surface area contributed by atoms with E-state index in [-0.39, 0.29) is 0 Å². The van der Waals surface area contributed by atoms with Crippen LogP contribution in [0.15, 0.2) is 35.0 Å². The van der Waals surface area contributed by atoms with E-state index in [2.05, 4.69) is 10.7 Å². The summed E-state index contributed by atoms with van der Waals surface area (Å²) in [5.41, 5.74) is 2.17. The maximum absolute atomic E-state index is 5.95. The van der Waals surface area contributed by atoms with E-state index < -0.39 is 0 Å². The summed E-state index contributed by atoms with van der Waals surface area (Å²) in [6.07, 6.45) is 0. The van der Waals surface area contributed by atoms with Crippen molar-refractivity contribution in [2.24, 2.45) is 0 Å². The van der Waals surface area contributed by atoms with Crippen LogP contribution in [0.3, 0.4) is 0 Å². The molecule has 1 heterocycles. The molecule has 84 valence electrons. The Morgan fingerprint density at radius 3 is 2.94 bits per heavy atom. The zero-order valence-electron chi connectivity index (χ0n) is 8.87.